The zero-order chi connectivity index (χ0) is 20.5. The van der Waals surface area contributed by atoms with Gasteiger partial charge in [0.25, 0.3) is 0 Å². The molecular formula is C29H29S+. The van der Waals surface area contributed by atoms with Crippen LogP contribution in [0.25, 0.3) is 42.4 Å². The summed E-state index contributed by atoms with van der Waals surface area (Å²) in [4.78, 5) is 0. The molecule has 4 aliphatic carbocycles. The molecule has 1 aromatic rings. The second-order valence-corrected chi connectivity index (χ2v) is 9.60. The van der Waals surface area contributed by atoms with E-state index in [9.17, 15) is 0 Å². The average molecular weight is 410 g/mol. The van der Waals surface area contributed by atoms with E-state index in [1.54, 1.807) is 0 Å². The maximum Gasteiger partial charge on any atom is 0.239 e. The van der Waals surface area contributed by atoms with Crippen molar-refractivity contribution in [2.24, 2.45) is 0 Å². The smallest absolute Gasteiger partial charge is 0.0654 e. The Morgan fingerprint density at radius 3 is 1.50 bits per heavy atom. The van der Waals surface area contributed by atoms with Crippen LogP contribution in [0.15, 0.2) is 66.7 Å². The first-order chi connectivity index (χ1) is 14.8. The molecule has 0 bridgehead atoms. The van der Waals surface area contributed by atoms with Gasteiger partial charge in [-0.3, -0.25) is 0 Å². The lowest BCUT2D eigenvalue weighted by Crippen LogP contribution is -1.79. The Labute approximate surface area is 183 Å². The van der Waals surface area contributed by atoms with Crippen LogP contribution in [0.5, 0.6) is 0 Å². The first kappa shape index (κ1) is 19.5. The minimum atomic E-state index is 1.17. The van der Waals surface area contributed by atoms with Gasteiger partial charge in [0.05, 0.1) is 0 Å². The zero-order valence-electron chi connectivity index (χ0n) is 18.0. The molecular weight excluding hydrogens is 380 g/mol. The number of hydrogen-bond acceptors (Lipinski definition) is 0. The van der Waals surface area contributed by atoms with Crippen LogP contribution in [0.2, 0.25) is 0 Å². The fourth-order valence-electron chi connectivity index (χ4n) is 4.53. The molecule has 0 atom stereocenters. The van der Waals surface area contributed by atoms with E-state index in [-0.39, 0.29) is 0 Å². The van der Waals surface area contributed by atoms with Crippen molar-refractivity contribution >= 4 is 31.5 Å². The maximum absolute atomic E-state index is 2.43. The molecule has 0 saturated carbocycles. The van der Waals surface area contributed by atoms with E-state index < -0.39 is 0 Å². The van der Waals surface area contributed by atoms with Crippen LogP contribution in [0.4, 0.5) is 0 Å². The first-order valence-electron chi connectivity index (χ1n) is 11.4. The quantitative estimate of drug-likeness (QED) is 0.245. The minimum Gasteiger partial charge on any atom is -0.0654 e. The third kappa shape index (κ3) is 3.56. The summed E-state index contributed by atoms with van der Waals surface area (Å²) in [7, 11) is 0. The minimum absolute atomic E-state index is 1.17. The van der Waals surface area contributed by atoms with Crippen molar-refractivity contribution in [3.63, 3.8) is 0 Å². The molecule has 150 valence electrons. The summed E-state index contributed by atoms with van der Waals surface area (Å²) in [5.41, 5.74) is 8.35. The van der Waals surface area contributed by atoms with Gasteiger partial charge in [-0.2, -0.15) is 0 Å². The van der Waals surface area contributed by atoms with E-state index in [0.29, 0.717) is 0 Å². The van der Waals surface area contributed by atoms with Crippen LogP contribution < -0.4 is 0 Å². The van der Waals surface area contributed by atoms with Gasteiger partial charge in [0, 0.05) is 22.9 Å². The summed E-state index contributed by atoms with van der Waals surface area (Å²) in [6.45, 7) is 4.52. The maximum atomic E-state index is 2.43. The van der Waals surface area contributed by atoms with Gasteiger partial charge in [0.2, 0.25) is 20.7 Å². The molecule has 4 aliphatic rings. The lowest BCUT2D eigenvalue weighted by molar-refractivity contribution is 0.796. The summed E-state index contributed by atoms with van der Waals surface area (Å²) in [6, 6.07) is 25.8. The Morgan fingerprint density at radius 1 is 0.567 bits per heavy atom. The number of hydrogen-bond donors (Lipinski definition) is 0. The average Bonchev–Trinajstić information content (AvgIpc) is 3.09. The monoisotopic (exact) mass is 409 g/mol. The third-order valence-electron chi connectivity index (χ3n) is 6.34. The van der Waals surface area contributed by atoms with E-state index in [0.717, 1.165) is 0 Å². The van der Waals surface area contributed by atoms with Gasteiger partial charge in [0.15, 0.2) is 0 Å². The molecule has 0 amide bonds. The van der Waals surface area contributed by atoms with E-state index in [1.165, 1.54) is 92.1 Å². The molecule has 0 fully saturated rings. The van der Waals surface area contributed by atoms with E-state index in [4.69, 9.17) is 0 Å². The van der Waals surface area contributed by atoms with E-state index in [1.807, 2.05) is 11.3 Å². The van der Waals surface area contributed by atoms with Crippen molar-refractivity contribution < 1.29 is 0 Å². The predicted octanol–water partition coefficient (Wildman–Crippen LogP) is 9.23. The van der Waals surface area contributed by atoms with Crippen LogP contribution in [0.3, 0.4) is 0 Å². The molecule has 0 unspecified atom stereocenters. The van der Waals surface area contributed by atoms with Crippen molar-refractivity contribution in [3.05, 3.63) is 77.9 Å². The highest BCUT2D eigenvalue weighted by Gasteiger charge is 2.22. The van der Waals surface area contributed by atoms with E-state index in [2.05, 4.69) is 80.6 Å². The fraction of sp³-hybridized carbons (Fsp3) is 0.276. The molecule has 0 N–H and O–H groups in total. The van der Waals surface area contributed by atoms with Crippen molar-refractivity contribution in [3.8, 4) is 22.3 Å². The van der Waals surface area contributed by atoms with Gasteiger partial charge in [-0.25, -0.2) is 0 Å². The molecule has 0 aromatic carbocycles. The third-order valence-corrected chi connectivity index (χ3v) is 7.45. The zero-order valence-corrected chi connectivity index (χ0v) is 18.8. The van der Waals surface area contributed by atoms with Crippen LogP contribution in [0, 0.1) is 0 Å². The summed E-state index contributed by atoms with van der Waals surface area (Å²) in [6.07, 6.45) is 7.35. The standard InChI is InChI=1S/C29H29S/c1-3-5-7-20-9-13-22-17-28-26(24(22)15-11-20)19-27-25-16-12-21(8-6-4-2)10-14-23(25)18-29(27)30-28/h9-19H,3-8H2,1-2H3/q+1. The summed E-state index contributed by atoms with van der Waals surface area (Å²) < 4.78 is 2.78. The molecule has 0 radical (unpaired) electrons. The lowest BCUT2D eigenvalue weighted by atomic mass is 10.1. The highest BCUT2D eigenvalue weighted by atomic mass is 32.1. The van der Waals surface area contributed by atoms with Crippen molar-refractivity contribution in [1.82, 2.24) is 0 Å². The van der Waals surface area contributed by atoms with Crippen molar-refractivity contribution in [2.45, 2.75) is 52.4 Å². The topological polar surface area (TPSA) is 0 Å². The molecule has 1 aromatic heterocycles. The van der Waals surface area contributed by atoms with Gasteiger partial charge >= 0.3 is 0 Å². The Balaban J connectivity index is 1.64. The van der Waals surface area contributed by atoms with Crippen LogP contribution in [0.1, 0.15) is 50.7 Å². The van der Waals surface area contributed by atoms with Gasteiger partial charge in [-0.05, 0) is 65.1 Å². The molecule has 0 saturated heterocycles. The Hall–Kier alpha value is -2.51. The molecule has 0 aliphatic heterocycles. The Kier molecular flexibility index (Phi) is 5.39. The summed E-state index contributed by atoms with van der Waals surface area (Å²) in [5, 5.41) is 2.79. The highest BCUT2D eigenvalue weighted by Crippen LogP contribution is 2.43. The molecule has 1 heteroatoms. The Bertz CT molecular complexity index is 1170. The molecule has 1 heterocycles. The van der Waals surface area contributed by atoms with Gasteiger partial charge in [-0.15, -0.1) is 0 Å². The molecule has 30 heavy (non-hydrogen) atoms. The second kappa shape index (κ2) is 8.32. The SMILES string of the molecule is CCCCc1ccc2cc3[s+]c4cc5ccc(CCCC)ccc-5c4cc3c-2cc1. The molecule has 0 spiro atoms. The van der Waals surface area contributed by atoms with Gasteiger partial charge in [-0.1, -0.05) is 75.2 Å². The first-order valence-corrected chi connectivity index (χ1v) is 12.2. The van der Waals surface area contributed by atoms with Crippen molar-refractivity contribution in [1.29, 1.82) is 0 Å². The number of rotatable bonds is 6. The van der Waals surface area contributed by atoms with Gasteiger partial charge in [0.1, 0.15) is 0 Å². The number of aryl methyl sites for hydroxylation is 2. The normalized spacial score (nSPS) is 11.8. The molecule has 5 rings (SSSR count). The van der Waals surface area contributed by atoms with E-state index >= 15 is 0 Å². The second-order valence-electron chi connectivity index (χ2n) is 8.52. The largest absolute Gasteiger partial charge is 0.239 e. The van der Waals surface area contributed by atoms with Crippen LogP contribution in [-0.2, 0) is 12.8 Å². The van der Waals surface area contributed by atoms with Crippen molar-refractivity contribution in [2.75, 3.05) is 0 Å². The fourth-order valence-corrected chi connectivity index (χ4v) is 5.69. The molecule has 0 nitrogen and oxygen atoms in total. The number of fused-ring (bicyclic) bond motifs is 6. The predicted molar refractivity (Wildman–Crippen MR) is 134 cm³/mol. The van der Waals surface area contributed by atoms with Crippen LogP contribution in [-0.4, -0.2) is 0 Å². The highest BCUT2D eigenvalue weighted by molar-refractivity contribution is 7.24. The van der Waals surface area contributed by atoms with Gasteiger partial charge < -0.3 is 0 Å². The summed E-state index contributed by atoms with van der Waals surface area (Å²) in [5.74, 6) is 0. The number of unbranched alkanes of at least 4 members (excludes halogenated alkanes) is 2. The Morgan fingerprint density at radius 2 is 1.03 bits per heavy atom. The summed E-state index contributed by atoms with van der Waals surface area (Å²) >= 11 is 1.93. The lowest BCUT2D eigenvalue weighted by Gasteiger charge is -1.94. The van der Waals surface area contributed by atoms with Crippen LogP contribution >= 0.6 is 11.3 Å².